The predicted octanol–water partition coefficient (Wildman–Crippen LogP) is 1.92. The van der Waals surface area contributed by atoms with Gasteiger partial charge in [-0.2, -0.15) is 0 Å². The van der Waals surface area contributed by atoms with Crippen LogP contribution in [0, 0.1) is 5.92 Å². The maximum atomic E-state index is 12.4. The molecule has 0 spiro atoms. The Bertz CT molecular complexity index is 528. The number of hydrogen-bond donors (Lipinski definition) is 1. The Morgan fingerprint density at radius 3 is 2.75 bits per heavy atom. The van der Waals surface area contributed by atoms with Crippen LogP contribution in [-0.2, 0) is 14.3 Å². The number of ether oxygens (including phenoxy) is 1. The van der Waals surface area contributed by atoms with Crippen LogP contribution in [0.25, 0.3) is 0 Å². The lowest BCUT2D eigenvalue weighted by Crippen LogP contribution is -2.35. The summed E-state index contributed by atoms with van der Waals surface area (Å²) in [5.41, 5.74) is 0.683. The number of esters is 1. The number of pyridine rings is 1. The molecule has 0 saturated carbocycles. The largest absolute Gasteiger partial charge is 0.466 e. The summed E-state index contributed by atoms with van der Waals surface area (Å²) >= 11 is 0. The number of rotatable bonds is 7. The maximum Gasteiger partial charge on any atom is 0.308 e. The third kappa shape index (κ3) is 5.92. The zero-order valence-electron chi connectivity index (χ0n) is 14.5. The van der Waals surface area contributed by atoms with Crippen molar-refractivity contribution in [1.82, 2.24) is 15.2 Å². The molecule has 132 valence electrons. The van der Waals surface area contributed by atoms with Gasteiger partial charge in [0.05, 0.1) is 24.8 Å². The van der Waals surface area contributed by atoms with Gasteiger partial charge in [-0.05, 0) is 58.0 Å². The van der Waals surface area contributed by atoms with Crippen molar-refractivity contribution in [3.05, 3.63) is 30.1 Å². The van der Waals surface area contributed by atoms with Crippen LogP contribution in [0.3, 0.4) is 0 Å². The van der Waals surface area contributed by atoms with Gasteiger partial charge >= 0.3 is 5.97 Å². The summed E-state index contributed by atoms with van der Waals surface area (Å²) in [4.78, 5) is 30.8. The summed E-state index contributed by atoms with van der Waals surface area (Å²) in [6, 6.07) is 5.04. The number of aromatic nitrogens is 1. The molecule has 6 nitrogen and oxygen atoms in total. The molecule has 2 rings (SSSR count). The van der Waals surface area contributed by atoms with E-state index in [9.17, 15) is 9.59 Å². The summed E-state index contributed by atoms with van der Waals surface area (Å²) in [6.07, 6.45) is 4.34. The highest BCUT2D eigenvalue weighted by Crippen LogP contribution is 2.21. The van der Waals surface area contributed by atoms with Crippen molar-refractivity contribution >= 4 is 11.9 Å². The van der Waals surface area contributed by atoms with Gasteiger partial charge < -0.3 is 15.0 Å². The van der Waals surface area contributed by atoms with E-state index in [4.69, 9.17) is 4.74 Å². The van der Waals surface area contributed by atoms with Gasteiger partial charge in [-0.3, -0.25) is 14.6 Å². The molecule has 6 heteroatoms. The molecule has 1 aliphatic heterocycles. The van der Waals surface area contributed by atoms with E-state index in [1.807, 2.05) is 18.2 Å². The monoisotopic (exact) mass is 333 g/mol. The second kappa shape index (κ2) is 9.37. The Labute approximate surface area is 143 Å². The number of hydrogen-bond acceptors (Lipinski definition) is 5. The van der Waals surface area contributed by atoms with Gasteiger partial charge in [0.2, 0.25) is 5.91 Å². The van der Waals surface area contributed by atoms with Crippen LogP contribution in [-0.4, -0.2) is 48.5 Å². The van der Waals surface area contributed by atoms with Crippen molar-refractivity contribution in [2.75, 3.05) is 26.7 Å². The lowest BCUT2D eigenvalue weighted by molar-refractivity contribution is -0.143. The van der Waals surface area contributed by atoms with Gasteiger partial charge in [-0.25, -0.2) is 0 Å². The average molecular weight is 333 g/mol. The SMILES string of the molecule is CCOC(=O)C[C@@H](NC(=O)CC1CCN(C)CC1)c1ccccn1. The van der Waals surface area contributed by atoms with E-state index in [-0.39, 0.29) is 18.3 Å². The molecule has 0 bridgehead atoms. The van der Waals surface area contributed by atoms with Gasteiger partial charge in [0.25, 0.3) is 0 Å². The molecule has 2 heterocycles. The molecule has 1 fully saturated rings. The van der Waals surface area contributed by atoms with Crippen molar-refractivity contribution in [1.29, 1.82) is 0 Å². The van der Waals surface area contributed by atoms with Crippen molar-refractivity contribution in [2.45, 2.75) is 38.6 Å². The molecule has 1 aliphatic rings. The minimum absolute atomic E-state index is 0.0236. The number of carbonyl (C=O) groups is 2. The topological polar surface area (TPSA) is 71.5 Å². The van der Waals surface area contributed by atoms with E-state index in [0.29, 0.717) is 24.6 Å². The molecular formula is C18H27N3O3. The van der Waals surface area contributed by atoms with Crippen molar-refractivity contribution < 1.29 is 14.3 Å². The minimum Gasteiger partial charge on any atom is -0.466 e. The first-order valence-corrected chi connectivity index (χ1v) is 8.63. The number of piperidine rings is 1. The Morgan fingerprint density at radius 1 is 1.38 bits per heavy atom. The molecule has 1 saturated heterocycles. The average Bonchev–Trinajstić information content (AvgIpc) is 2.57. The summed E-state index contributed by atoms with van der Waals surface area (Å²) in [5, 5.41) is 2.97. The van der Waals surface area contributed by atoms with E-state index < -0.39 is 6.04 Å². The number of likely N-dealkylation sites (tertiary alicyclic amines) is 1. The van der Waals surface area contributed by atoms with Crippen LogP contribution in [0.5, 0.6) is 0 Å². The lowest BCUT2D eigenvalue weighted by atomic mass is 9.93. The minimum atomic E-state index is -0.441. The first-order chi connectivity index (χ1) is 11.6. The molecule has 1 N–H and O–H groups in total. The second-order valence-electron chi connectivity index (χ2n) is 6.33. The molecule has 0 aromatic carbocycles. The summed E-state index contributed by atoms with van der Waals surface area (Å²) < 4.78 is 5.01. The van der Waals surface area contributed by atoms with Crippen LogP contribution in [0.15, 0.2) is 24.4 Å². The molecule has 0 radical (unpaired) electrons. The Hall–Kier alpha value is -1.95. The van der Waals surface area contributed by atoms with Gasteiger partial charge in [0.15, 0.2) is 0 Å². The van der Waals surface area contributed by atoms with Gasteiger partial charge in [-0.1, -0.05) is 6.07 Å². The van der Waals surface area contributed by atoms with Crippen LogP contribution < -0.4 is 5.32 Å². The van der Waals surface area contributed by atoms with Crippen LogP contribution in [0.4, 0.5) is 0 Å². The molecular weight excluding hydrogens is 306 g/mol. The zero-order chi connectivity index (χ0) is 17.4. The predicted molar refractivity (Wildman–Crippen MR) is 91.2 cm³/mol. The maximum absolute atomic E-state index is 12.4. The highest BCUT2D eigenvalue weighted by molar-refractivity contribution is 5.78. The quantitative estimate of drug-likeness (QED) is 0.772. The van der Waals surface area contributed by atoms with Gasteiger partial charge in [0.1, 0.15) is 0 Å². The molecule has 1 atom stereocenters. The number of amides is 1. The molecule has 1 aromatic heterocycles. The van der Waals surface area contributed by atoms with Gasteiger partial charge in [0, 0.05) is 12.6 Å². The fraction of sp³-hybridized carbons (Fsp3) is 0.611. The lowest BCUT2D eigenvalue weighted by Gasteiger charge is -2.29. The molecule has 1 aromatic rings. The standard InChI is InChI=1S/C18H27N3O3/c1-3-24-18(23)13-16(15-6-4-5-9-19-15)20-17(22)12-14-7-10-21(2)11-8-14/h4-6,9,14,16H,3,7-8,10-13H2,1-2H3,(H,20,22)/t16-/m1/s1. The Balaban J connectivity index is 1.94. The van der Waals surface area contributed by atoms with E-state index in [1.54, 1.807) is 13.1 Å². The summed E-state index contributed by atoms with van der Waals surface area (Å²) in [7, 11) is 2.10. The highest BCUT2D eigenvalue weighted by atomic mass is 16.5. The van der Waals surface area contributed by atoms with E-state index in [2.05, 4.69) is 22.2 Å². The third-order valence-corrected chi connectivity index (χ3v) is 4.37. The number of nitrogens with one attached hydrogen (secondary N) is 1. The second-order valence-corrected chi connectivity index (χ2v) is 6.33. The first kappa shape index (κ1) is 18.4. The normalized spacial score (nSPS) is 17.2. The van der Waals surface area contributed by atoms with Crippen molar-refractivity contribution in [2.24, 2.45) is 5.92 Å². The van der Waals surface area contributed by atoms with Crippen molar-refractivity contribution in [3.63, 3.8) is 0 Å². The molecule has 0 unspecified atom stereocenters. The Kier molecular flexibility index (Phi) is 7.18. The highest BCUT2D eigenvalue weighted by Gasteiger charge is 2.23. The van der Waals surface area contributed by atoms with Crippen LogP contribution in [0.2, 0.25) is 0 Å². The fourth-order valence-corrected chi connectivity index (χ4v) is 2.98. The Morgan fingerprint density at radius 2 is 2.12 bits per heavy atom. The summed E-state index contributed by atoms with van der Waals surface area (Å²) in [6.45, 7) is 4.17. The molecule has 0 aliphatic carbocycles. The first-order valence-electron chi connectivity index (χ1n) is 8.63. The van der Waals surface area contributed by atoms with E-state index in [0.717, 1.165) is 25.9 Å². The van der Waals surface area contributed by atoms with Crippen LogP contribution >= 0.6 is 0 Å². The number of nitrogens with zero attached hydrogens (tertiary/aromatic N) is 2. The summed E-state index contributed by atoms with van der Waals surface area (Å²) in [5.74, 6) is 0.0606. The molecule has 24 heavy (non-hydrogen) atoms. The van der Waals surface area contributed by atoms with Crippen molar-refractivity contribution in [3.8, 4) is 0 Å². The van der Waals surface area contributed by atoms with E-state index in [1.165, 1.54) is 0 Å². The van der Waals surface area contributed by atoms with E-state index >= 15 is 0 Å². The van der Waals surface area contributed by atoms with Crippen LogP contribution in [0.1, 0.15) is 44.3 Å². The zero-order valence-corrected chi connectivity index (χ0v) is 14.5. The third-order valence-electron chi connectivity index (χ3n) is 4.37. The van der Waals surface area contributed by atoms with Gasteiger partial charge in [-0.15, -0.1) is 0 Å². The smallest absolute Gasteiger partial charge is 0.308 e. The molecule has 1 amide bonds. The number of carbonyl (C=O) groups excluding carboxylic acids is 2. The fourth-order valence-electron chi connectivity index (χ4n) is 2.98.